The van der Waals surface area contributed by atoms with E-state index in [1.165, 1.54) is 0 Å². The van der Waals surface area contributed by atoms with E-state index in [4.69, 9.17) is 9.84 Å². The fourth-order valence-corrected chi connectivity index (χ4v) is 3.95. The van der Waals surface area contributed by atoms with Crippen LogP contribution in [0.1, 0.15) is 23.3 Å². The van der Waals surface area contributed by atoms with Crippen LogP contribution in [0.4, 0.5) is 0 Å². The third kappa shape index (κ3) is 5.68. The zero-order chi connectivity index (χ0) is 19.9. The lowest BCUT2D eigenvalue weighted by Crippen LogP contribution is -2.31. The predicted molar refractivity (Wildman–Crippen MR) is 106 cm³/mol. The van der Waals surface area contributed by atoms with Gasteiger partial charge in [0.25, 0.3) is 0 Å². The lowest BCUT2D eigenvalue weighted by atomic mass is 10.1. The Kier molecular flexibility index (Phi) is 6.84. The molecule has 28 heavy (non-hydrogen) atoms. The number of aliphatic hydroxyl groups is 1. The van der Waals surface area contributed by atoms with Gasteiger partial charge in [-0.15, -0.1) is 11.3 Å². The Balaban J connectivity index is 1.61. The summed E-state index contributed by atoms with van der Waals surface area (Å²) in [5, 5.41) is 20.9. The zero-order valence-electron chi connectivity index (χ0n) is 15.4. The van der Waals surface area contributed by atoms with Crippen molar-refractivity contribution in [2.75, 3.05) is 6.61 Å². The zero-order valence-corrected chi connectivity index (χ0v) is 16.2. The molecule has 0 bridgehead atoms. The number of aliphatic hydroxyl groups excluding tert-OH is 1. The first-order valence-electron chi connectivity index (χ1n) is 9.13. The van der Waals surface area contributed by atoms with Crippen LogP contribution >= 0.6 is 11.3 Å². The van der Waals surface area contributed by atoms with Crippen molar-refractivity contribution in [3.8, 4) is 5.75 Å². The average molecular weight is 401 g/mol. The summed E-state index contributed by atoms with van der Waals surface area (Å²) >= 11 is 1.61. The van der Waals surface area contributed by atoms with Crippen LogP contribution < -0.4 is 4.74 Å². The van der Waals surface area contributed by atoms with Crippen LogP contribution in [0.15, 0.2) is 53.9 Å². The van der Waals surface area contributed by atoms with E-state index in [0.29, 0.717) is 25.1 Å². The number of hydrogen-bond donors (Lipinski definition) is 2. The van der Waals surface area contributed by atoms with Crippen LogP contribution in [0, 0.1) is 0 Å². The lowest BCUT2D eigenvalue weighted by Gasteiger charge is -2.23. The van der Waals surface area contributed by atoms with Gasteiger partial charge in [0.2, 0.25) is 5.91 Å². The van der Waals surface area contributed by atoms with Gasteiger partial charge < -0.3 is 19.8 Å². The summed E-state index contributed by atoms with van der Waals surface area (Å²) in [6.45, 7) is 0.0126. The summed E-state index contributed by atoms with van der Waals surface area (Å²) in [6, 6.07) is 11.0. The van der Waals surface area contributed by atoms with E-state index in [2.05, 4.69) is 0 Å². The van der Waals surface area contributed by atoms with Crippen molar-refractivity contribution in [1.82, 2.24) is 4.90 Å². The molecule has 1 unspecified atom stereocenters. The molecule has 0 aliphatic carbocycles. The van der Waals surface area contributed by atoms with Gasteiger partial charge >= 0.3 is 5.97 Å². The van der Waals surface area contributed by atoms with Crippen LogP contribution in [-0.2, 0) is 22.6 Å². The van der Waals surface area contributed by atoms with Crippen LogP contribution in [0.25, 0.3) is 0 Å². The van der Waals surface area contributed by atoms with E-state index < -0.39 is 18.7 Å². The summed E-state index contributed by atoms with van der Waals surface area (Å²) in [6.07, 6.45) is 4.86. The molecule has 3 rings (SSSR count). The van der Waals surface area contributed by atoms with E-state index >= 15 is 0 Å². The van der Waals surface area contributed by atoms with Gasteiger partial charge in [0.15, 0.2) is 6.61 Å². The minimum Gasteiger partial charge on any atom is -0.482 e. The maximum atomic E-state index is 12.3. The first kappa shape index (κ1) is 20.1. The maximum Gasteiger partial charge on any atom is 0.341 e. The van der Waals surface area contributed by atoms with Gasteiger partial charge in [0.1, 0.15) is 5.75 Å². The second kappa shape index (κ2) is 9.52. The SMILES string of the molecule is O=C(O)COc1cccc(CN2C(=O)CC[C@@H]2C=CC(O)Cc2cccs2)c1. The van der Waals surface area contributed by atoms with Crippen LogP contribution in [0.5, 0.6) is 5.75 Å². The van der Waals surface area contributed by atoms with Crippen molar-refractivity contribution in [3.63, 3.8) is 0 Å². The molecule has 2 N–H and O–H groups in total. The Labute approximate surface area is 167 Å². The number of carbonyl (C=O) groups is 2. The van der Waals surface area contributed by atoms with Gasteiger partial charge in [-0.3, -0.25) is 4.79 Å². The largest absolute Gasteiger partial charge is 0.482 e. The van der Waals surface area contributed by atoms with Crippen molar-refractivity contribution in [2.45, 2.75) is 38.0 Å². The van der Waals surface area contributed by atoms with E-state index in [0.717, 1.165) is 16.9 Å². The maximum absolute atomic E-state index is 12.3. The van der Waals surface area contributed by atoms with Crippen LogP contribution in [-0.4, -0.2) is 45.7 Å². The molecule has 0 spiro atoms. The molecular weight excluding hydrogens is 378 g/mol. The van der Waals surface area contributed by atoms with Crippen molar-refractivity contribution < 1.29 is 24.5 Å². The molecule has 2 heterocycles. The van der Waals surface area contributed by atoms with Crippen LogP contribution in [0.2, 0.25) is 0 Å². The summed E-state index contributed by atoms with van der Waals surface area (Å²) < 4.78 is 5.21. The Hall–Kier alpha value is -2.64. The molecule has 1 aliphatic rings. The number of carboxylic acids is 1. The highest BCUT2D eigenvalue weighted by Gasteiger charge is 2.29. The van der Waals surface area contributed by atoms with Gasteiger partial charge in [-0.1, -0.05) is 30.4 Å². The molecule has 1 fully saturated rings. The van der Waals surface area contributed by atoms with Crippen LogP contribution in [0.3, 0.4) is 0 Å². The number of thiophene rings is 1. The average Bonchev–Trinajstić information content (AvgIpc) is 3.29. The second-order valence-electron chi connectivity index (χ2n) is 6.69. The number of rotatable bonds is 9. The van der Waals surface area contributed by atoms with E-state index in [-0.39, 0.29) is 11.9 Å². The number of aliphatic carboxylic acids is 1. The number of ether oxygens (including phenoxy) is 1. The van der Waals surface area contributed by atoms with Gasteiger partial charge in [-0.25, -0.2) is 4.79 Å². The van der Waals surface area contributed by atoms with E-state index in [1.807, 2.05) is 29.7 Å². The van der Waals surface area contributed by atoms with Crippen molar-refractivity contribution in [1.29, 1.82) is 0 Å². The summed E-state index contributed by atoms with van der Waals surface area (Å²) in [4.78, 5) is 25.9. The lowest BCUT2D eigenvalue weighted by molar-refractivity contribution is -0.139. The predicted octanol–water partition coefficient (Wildman–Crippen LogP) is 2.86. The molecule has 2 aromatic rings. The molecule has 1 aliphatic heterocycles. The van der Waals surface area contributed by atoms with E-state index in [9.17, 15) is 14.7 Å². The smallest absolute Gasteiger partial charge is 0.341 e. The quantitative estimate of drug-likeness (QED) is 0.631. The first-order valence-corrected chi connectivity index (χ1v) is 10.0. The number of hydrogen-bond acceptors (Lipinski definition) is 5. The Morgan fingerprint density at radius 1 is 1.36 bits per heavy atom. The third-order valence-corrected chi connectivity index (χ3v) is 5.43. The molecule has 1 saturated heterocycles. The number of carboxylic acid groups (broad SMARTS) is 1. The first-order chi connectivity index (χ1) is 13.5. The minimum absolute atomic E-state index is 0.0610. The normalized spacial score (nSPS) is 18.0. The highest BCUT2D eigenvalue weighted by Crippen LogP contribution is 2.24. The molecular formula is C21H23NO5S. The monoisotopic (exact) mass is 401 g/mol. The minimum atomic E-state index is -1.04. The standard InChI is InChI=1S/C21H23NO5S/c23-17(12-19-5-2-10-28-19)8-6-16-7-9-20(24)22(16)13-15-3-1-4-18(11-15)27-14-21(25)26/h1-6,8,10-11,16-17,23H,7,9,12-14H2,(H,25,26)/t16-,17?/m0/s1. The highest BCUT2D eigenvalue weighted by molar-refractivity contribution is 7.09. The Morgan fingerprint density at radius 2 is 2.21 bits per heavy atom. The van der Waals surface area contributed by atoms with Crippen molar-refractivity contribution >= 4 is 23.2 Å². The molecule has 6 nitrogen and oxygen atoms in total. The molecule has 0 saturated carbocycles. The molecule has 0 radical (unpaired) electrons. The van der Waals surface area contributed by atoms with Crippen molar-refractivity contribution in [2.24, 2.45) is 0 Å². The molecule has 1 aromatic carbocycles. The summed E-state index contributed by atoms with van der Waals surface area (Å²) in [5.41, 5.74) is 0.871. The second-order valence-corrected chi connectivity index (χ2v) is 7.73. The van der Waals surface area contributed by atoms with Gasteiger partial charge in [0.05, 0.1) is 12.1 Å². The third-order valence-electron chi connectivity index (χ3n) is 4.53. The Bertz CT molecular complexity index is 833. The fourth-order valence-electron chi connectivity index (χ4n) is 3.20. The number of amides is 1. The molecule has 7 heteroatoms. The van der Waals surface area contributed by atoms with Gasteiger partial charge in [-0.05, 0) is 35.6 Å². The molecule has 148 valence electrons. The van der Waals surface area contributed by atoms with Gasteiger partial charge in [-0.2, -0.15) is 0 Å². The number of nitrogens with zero attached hydrogens (tertiary/aromatic N) is 1. The van der Waals surface area contributed by atoms with Crippen molar-refractivity contribution in [3.05, 3.63) is 64.4 Å². The number of benzene rings is 1. The number of carbonyl (C=O) groups excluding carboxylic acids is 1. The fraction of sp³-hybridized carbons (Fsp3) is 0.333. The summed E-state index contributed by atoms with van der Waals surface area (Å²) in [7, 11) is 0. The van der Waals surface area contributed by atoms with E-state index in [1.54, 1.807) is 40.5 Å². The number of likely N-dealkylation sites (tertiary alicyclic amines) is 1. The molecule has 2 atom stereocenters. The Morgan fingerprint density at radius 3 is 2.96 bits per heavy atom. The summed E-state index contributed by atoms with van der Waals surface area (Å²) in [5.74, 6) is -0.504. The van der Waals surface area contributed by atoms with Gasteiger partial charge in [0, 0.05) is 24.3 Å². The highest BCUT2D eigenvalue weighted by atomic mass is 32.1. The molecule has 1 amide bonds. The topological polar surface area (TPSA) is 87.1 Å². The molecule has 1 aromatic heterocycles.